The number of thiazole rings is 1. The summed E-state index contributed by atoms with van der Waals surface area (Å²) in [7, 11) is 3.53. The summed E-state index contributed by atoms with van der Waals surface area (Å²) in [6, 6.07) is 11.5. The van der Waals surface area contributed by atoms with E-state index in [9.17, 15) is 9.59 Å². The van der Waals surface area contributed by atoms with Gasteiger partial charge in [0.15, 0.2) is 5.78 Å². The molecule has 2 aromatic heterocycles. The molecule has 0 bridgehead atoms. The van der Waals surface area contributed by atoms with E-state index >= 15 is 0 Å². The number of ether oxygens (including phenoxy) is 1. The van der Waals surface area contributed by atoms with E-state index in [2.05, 4.69) is 9.88 Å². The lowest BCUT2D eigenvalue weighted by molar-refractivity contribution is -0.138. The third-order valence-electron chi connectivity index (χ3n) is 7.24. The number of aryl methyl sites for hydroxylation is 1. The first-order valence-electron chi connectivity index (χ1n) is 14.2. The van der Waals surface area contributed by atoms with Crippen molar-refractivity contribution in [3.63, 3.8) is 0 Å². The number of ketones is 1. The zero-order chi connectivity index (χ0) is 31.1. The Hall–Kier alpha value is -3.60. The van der Waals surface area contributed by atoms with Gasteiger partial charge in [-0.2, -0.15) is 0 Å². The molecule has 5 rings (SSSR count). The number of fused-ring (bicyclic) bond motifs is 1. The lowest BCUT2D eigenvalue weighted by Crippen LogP contribution is -2.51. The third-order valence-corrected chi connectivity index (χ3v) is 8.60. The summed E-state index contributed by atoms with van der Waals surface area (Å²) in [4.78, 5) is 45.4. The number of piperazine rings is 1. The fourth-order valence-corrected chi connectivity index (χ4v) is 6.48. The molecule has 4 aromatic rings. The first kappa shape index (κ1) is 30.8. The first-order valence-corrected chi connectivity index (χ1v) is 15.4. The maximum atomic E-state index is 13.0. The van der Waals surface area contributed by atoms with Gasteiger partial charge in [0.25, 0.3) is 0 Å². The van der Waals surface area contributed by atoms with Crippen LogP contribution in [0.4, 0.5) is 10.7 Å². The normalized spacial score (nSPS) is 14.7. The van der Waals surface area contributed by atoms with Crippen molar-refractivity contribution in [2.75, 3.05) is 45.2 Å². The van der Waals surface area contributed by atoms with Crippen molar-refractivity contribution in [1.29, 1.82) is 0 Å². The van der Waals surface area contributed by atoms with Gasteiger partial charge in [0, 0.05) is 62.6 Å². The van der Waals surface area contributed by atoms with Crippen LogP contribution in [0.15, 0.2) is 42.6 Å². The molecule has 0 N–H and O–H groups in total. The van der Waals surface area contributed by atoms with Crippen LogP contribution >= 0.6 is 22.9 Å². The zero-order valence-electron chi connectivity index (χ0n) is 25.6. The van der Waals surface area contributed by atoms with Crippen LogP contribution in [0.3, 0.4) is 0 Å². The van der Waals surface area contributed by atoms with Gasteiger partial charge < -0.3 is 19.4 Å². The monoisotopic (exact) mass is 620 g/mol. The van der Waals surface area contributed by atoms with Gasteiger partial charge in [0.1, 0.15) is 16.8 Å². The number of hydrogen-bond donors (Lipinski definition) is 0. The molecule has 226 valence electrons. The molecule has 1 aliphatic heterocycles. The number of amides is 2. The summed E-state index contributed by atoms with van der Waals surface area (Å²) >= 11 is 7.79. The minimum absolute atomic E-state index is 0.00913. The van der Waals surface area contributed by atoms with Gasteiger partial charge in [-0.05, 0) is 70.0 Å². The topological polar surface area (TPSA) is 91.8 Å². The molecular weight excluding hydrogens is 584 g/mol. The van der Waals surface area contributed by atoms with E-state index in [4.69, 9.17) is 26.3 Å². The van der Waals surface area contributed by atoms with Gasteiger partial charge in [-0.3, -0.25) is 4.79 Å². The first-order chi connectivity index (χ1) is 20.3. The summed E-state index contributed by atoms with van der Waals surface area (Å²) in [5.74, 6) is 0.545. The van der Waals surface area contributed by atoms with E-state index in [0.29, 0.717) is 42.8 Å². The van der Waals surface area contributed by atoms with Crippen LogP contribution < -0.4 is 4.90 Å². The quantitative estimate of drug-likeness (QED) is 0.239. The number of urea groups is 1. The summed E-state index contributed by atoms with van der Waals surface area (Å²) in [5.41, 5.74) is 4.61. The Morgan fingerprint density at radius 1 is 1.05 bits per heavy atom. The van der Waals surface area contributed by atoms with Gasteiger partial charge in [0.2, 0.25) is 5.95 Å². The molecule has 1 aliphatic rings. The smallest absolute Gasteiger partial charge is 0.319 e. The number of hydrogen-bond acceptors (Lipinski definition) is 8. The van der Waals surface area contributed by atoms with Crippen molar-refractivity contribution < 1.29 is 14.3 Å². The molecule has 11 heteroatoms. The van der Waals surface area contributed by atoms with Crippen LogP contribution in [-0.2, 0) is 9.53 Å². The second-order valence-corrected chi connectivity index (χ2v) is 13.4. The summed E-state index contributed by atoms with van der Waals surface area (Å²) < 4.78 is 7.31. The second kappa shape index (κ2) is 12.2. The van der Waals surface area contributed by atoms with Gasteiger partial charge in [0.05, 0.1) is 15.8 Å². The highest BCUT2D eigenvalue weighted by atomic mass is 35.5. The van der Waals surface area contributed by atoms with Crippen LogP contribution in [0.1, 0.15) is 44.9 Å². The van der Waals surface area contributed by atoms with Crippen molar-refractivity contribution in [3.05, 3.63) is 58.7 Å². The largest absolute Gasteiger partial charge is 0.360 e. The Morgan fingerprint density at radius 3 is 2.33 bits per heavy atom. The van der Waals surface area contributed by atoms with Crippen molar-refractivity contribution in [3.8, 4) is 21.8 Å². The second-order valence-electron chi connectivity index (χ2n) is 12.0. The summed E-state index contributed by atoms with van der Waals surface area (Å²) in [6.07, 6.45) is 1.00. The third kappa shape index (κ3) is 6.66. The number of aromatic nitrogens is 3. The molecule has 0 saturated carbocycles. The summed E-state index contributed by atoms with van der Waals surface area (Å²) in [6.45, 7) is 11.9. The fourth-order valence-electron chi connectivity index (χ4n) is 5.26. The van der Waals surface area contributed by atoms with Gasteiger partial charge in [-0.15, -0.1) is 11.3 Å². The van der Waals surface area contributed by atoms with Gasteiger partial charge >= 0.3 is 6.03 Å². The average Bonchev–Trinajstić information content (AvgIpc) is 3.39. The number of carbonyl (C=O) groups excluding carboxylic acids is 2. The minimum atomic E-state index is -0.746. The standard InChI is InChI=1S/C32H37ClN6O3S/c1-19-18-24-28(26(21-8-10-22(33)11-9-21)25(19)27(20(2)40)42-32(3,4)5)43-29(35-24)23-12-13-34-30(36-23)38-14-16-39(17-15-38)31(41)37(6)7/h8-13,18,27H,14-17H2,1-7H3/t27-/m1/s1. The predicted octanol–water partition coefficient (Wildman–Crippen LogP) is 6.63. The van der Waals surface area contributed by atoms with E-state index in [0.717, 1.165) is 37.5 Å². The minimum Gasteiger partial charge on any atom is -0.360 e. The van der Waals surface area contributed by atoms with E-state index in [-0.39, 0.29) is 11.8 Å². The molecule has 1 saturated heterocycles. The number of benzene rings is 2. The highest BCUT2D eigenvalue weighted by Crippen LogP contribution is 2.44. The number of carbonyl (C=O) groups is 2. The maximum Gasteiger partial charge on any atom is 0.319 e. The van der Waals surface area contributed by atoms with Crippen LogP contribution in [0, 0.1) is 6.92 Å². The Balaban J connectivity index is 1.58. The molecule has 2 amide bonds. The van der Waals surface area contributed by atoms with Crippen molar-refractivity contribution in [2.45, 2.75) is 46.3 Å². The van der Waals surface area contributed by atoms with Gasteiger partial charge in [-0.25, -0.2) is 19.7 Å². The number of anilines is 1. The molecule has 0 aliphatic carbocycles. The Kier molecular flexibility index (Phi) is 8.74. The van der Waals surface area contributed by atoms with E-state index in [1.54, 1.807) is 32.1 Å². The Morgan fingerprint density at radius 2 is 1.72 bits per heavy atom. The molecule has 1 fully saturated rings. The van der Waals surface area contributed by atoms with Crippen LogP contribution in [0.25, 0.3) is 32.0 Å². The van der Waals surface area contributed by atoms with Gasteiger partial charge in [-0.1, -0.05) is 23.7 Å². The Bertz CT molecular complexity index is 1660. The van der Waals surface area contributed by atoms with Crippen molar-refractivity contribution >= 4 is 50.9 Å². The maximum absolute atomic E-state index is 13.0. The molecule has 0 unspecified atom stereocenters. The molecular formula is C32H37ClN6O3S. The number of halogens is 1. The van der Waals surface area contributed by atoms with Crippen molar-refractivity contribution in [1.82, 2.24) is 24.8 Å². The molecule has 2 aromatic carbocycles. The number of rotatable bonds is 6. The molecule has 1 atom stereocenters. The molecule has 0 radical (unpaired) electrons. The number of Topliss-reactive ketones (excluding diaryl/α,β-unsaturated/α-hetero) is 1. The zero-order valence-corrected chi connectivity index (χ0v) is 27.2. The van der Waals surface area contributed by atoms with E-state index < -0.39 is 11.7 Å². The average molecular weight is 621 g/mol. The molecule has 0 spiro atoms. The molecule has 43 heavy (non-hydrogen) atoms. The lowest BCUT2D eigenvalue weighted by atomic mass is 9.90. The highest BCUT2D eigenvalue weighted by Gasteiger charge is 2.31. The predicted molar refractivity (Wildman–Crippen MR) is 173 cm³/mol. The summed E-state index contributed by atoms with van der Waals surface area (Å²) in [5, 5.41) is 1.39. The molecule has 9 nitrogen and oxygen atoms in total. The van der Waals surface area contributed by atoms with Crippen molar-refractivity contribution in [2.24, 2.45) is 0 Å². The SMILES string of the molecule is CC(=O)[C@@H](OC(C)(C)C)c1c(C)cc2nc(-c3ccnc(N4CCN(C(=O)N(C)C)CC4)n3)sc2c1-c1ccc(Cl)cc1. The van der Waals surface area contributed by atoms with Crippen LogP contribution in [0.2, 0.25) is 5.02 Å². The molecule has 3 heterocycles. The van der Waals surface area contributed by atoms with Crippen LogP contribution in [-0.4, -0.2) is 82.4 Å². The lowest BCUT2D eigenvalue weighted by Gasteiger charge is -2.35. The Labute approximate surface area is 261 Å². The fraction of sp³-hybridized carbons (Fsp3) is 0.406. The van der Waals surface area contributed by atoms with E-state index in [1.807, 2.05) is 69.0 Å². The highest BCUT2D eigenvalue weighted by molar-refractivity contribution is 7.22. The van der Waals surface area contributed by atoms with E-state index in [1.165, 1.54) is 11.3 Å². The number of nitrogens with zero attached hydrogens (tertiary/aromatic N) is 6. The van der Waals surface area contributed by atoms with Crippen LogP contribution in [0.5, 0.6) is 0 Å².